The number of carbonyl (C=O) groups excluding carboxylic acids is 2. The second kappa shape index (κ2) is 9.97. The van der Waals surface area contributed by atoms with Crippen LogP contribution in [0.25, 0.3) is 10.9 Å². The number of hydrogen-bond donors (Lipinski definition) is 1. The van der Waals surface area contributed by atoms with Crippen molar-refractivity contribution in [3.63, 3.8) is 0 Å². The number of hydrogen-bond acceptors (Lipinski definition) is 7. The summed E-state index contributed by atoms with van der Waals surface area (Å²) in [6.45, 7) is 9.30. The molecule has 1 atom stereocenters. The Kier molecular flexibility index (Phi) is 6.99. The number of anilines is 1. The molecule has 2 amide bonds. The maximum absolute atomic E-state index is 13.5. The molecule has 2 aliphatic heterocycles. The van der Waals surface area contributed by atoms with Gasteiger partial charge in [-0.15, -0.1) is 0 Å². The number of piperazine rings is 1. The standard InChI is InChI=1S/C26H37N7O4S/c1-5-24(34)32-9-6-19(17-32)33-23-15-20(38(36,37)28-26(2)7-8-26)14-22(21(23)16-27-33)30-10-12-31(13-11-30)25(35)18-29(3)4/h5,14-16,19,28H,1,6-13,17-18H2,2-4H3. The van der Waals surface area contributed by atoms with Crippen molar-refractivity contribution in [1.82, 2.24) is 29.2 Å². The molecule has 3 heterocycles. The Morgan fingerprint density at radius 2 is 1.87 bits per heavy atom. The number of likely N-dealkylation sites (tertiary alicyclic amines) is 1. The molecule has 0 bridgehead atoms. The number of nitrogens with zero attached hydrogens (tertiary/aromatic N) is 6. The third-order valence-electron chi connectivity index (χ3n) is 7.78. The third-order valence-corrected chi connectivity index (χ3v) is 9.40. The molecule has 12 heteroatoms. The van der Waals surface area contributed by atoms with E-state index in [0.29, 0.717) is 45.8 Å². The van der Waals surface area contributed by atoms with Crippen molar-refractivity contribution in [2.45, 2.75) is 42.7 Å². The Morgan fingerprint density at radius 1 is 1.16 bits per heavy atom. The van der Waals surface area contributed by atoms with Crippen molar-refractivity contribution < 1.29 is 18.0 Å². The van der Waals surface area contributed by atoms with Gasteiger partial charge in [-0.05, 0) is 58.5 Å². The van der Waals surface area contributed by atoms with Crippen LogP contribution in [0, 0.1) is 0 Å². The maximum Gasteiger partial charge on any atom is 0.246 e. The zero-order valence-electron chi connectivity index (χ0n) is 22.4. The Balaban J connectivity index is 1.49. The van der Waals surface area contributed by atoms with Crippen LogP contribution in [0.4, 0.5) is 5.69 Å². The zero-order chi connectivity index (χ0) is 27.2. The van der Waals surface area contributed by atoms with Crippen molar-refractivity contribution >= 4 is 38.4 Å². The molecule has 0 spiro atoms. The largest absolute Gasteiger partial charge is 0.367 e. The molecule has 1 aromatic carbocycles. The molecule has 1 aliphatic carbocycles. The van der Waals surface area contributed by atoms with E-state index in [1.807, 2.05) is 35.5 Å². The summed E-state index contributed by atoms with van der Waals surface area (Å²) in [5, 5.41) is 5.54. The Hall–Kier alpha value is -2.96. The number of carbonyl (C=O) groups is 2. The fourth-order valence-corrected chi connectivity index (χ4v) is 6.82. The van der Waals surface area contributed by atoms with Gasteiger partial charge in [0.05, 0.1) is 29.2 Å². The normalized spacial score (nSPS) is 21.4. The number of fused-ring (bicyclic) bond motifs is 1. The average molecular weight is 544 g/mol. The van der Waals surface area contributed by atoms with Gasteiger partial charge >= 0.3 is 0 Å². The summed E-state index contributed by atoms with van der Waals surface area (Å²) in [5.41, 5.74) is 1.13. The van der Waals surface area contributed by atoms with Gasteiger partial charge in [0.15, 0.2) is 0 Å². The van der Waals surface area contributed by atoms with Crippen LogP contribution in [0.3, 0.4) is 0 Å². The summed E-state index contributed by atoms with van der Waals surface area (Å²) < 4.78 is 31.7. The van der Waals surface area contributed by atoms with Crippen molar-refractivity contribution in [3.8, 4) is 0 Å². The lowest BCUT2D eigenvalue weighted by Crippen LogP contribution is -2.50. The number of aromatic nitrogens is 2. The van der Waals surface area contributed by atoms with Gasteiger partial charge in [-0.25, -0.2) is 13.1 Å². The molecule has 3 fully saturated rings. The molecule has 2 saturated heterocycles. The van der Waals surface area contributed by atoms with Crippen LogP contribution in [0.15, 0.2) is 35.9 Å². The van der Waals surface area contributed by atoms with E-state index in [4.69, 9.17) is 0 Å². The highest BCUT2D eigenvalue weighted by atomic mass is 32.2. The van der Waals surface area contributed by atoms with Gasteiger partial charge in [0, 0.05) is 55.9 Å². The molecule has 1 saturated carbocycles. The van der Waals surface area contributed by atoms with Gasteiger partial charge in [-0.1, -0.05) is 6.58 Å². The van der Waals surface area contributed by atoms with Crippen LogP contribution in [-0.4, -0.2) is 110 Å². The van der Waals surface area contributed by atoms with Gasteiger partial charge in [0.1, 0.15) is 0 Å². The van der Waals surface area contributed by atoms with Crippen molar-refractivity contribution in [2.24, 2.45) is 0 Å². The van der Waals surface area contributed by atoms with Crippen LogP contribution in [0.2, 0.25) is 0 Å². The molecule has 2 aromatic rings. The fraction of sp³-hybridized carbons (Fsp3) is 0.577. The first kappa shape index (κ1) is 26.6. The van der Waals surface area contributed by atoms with E-state index in [2.05, 4.69) is 21.3 Å². The molecule has 1 unspecified atom stereocenters. The van der Waals surface area contributed by atoms with Gasteiger partial charge < -0.3 is 19.6 Å². The second-order valence-electron chi connectivity index (χ2n) is 11.2. The monoisotopic (exact) mass is 543 g/mol. The lowest BCUT2D eigenvalue weighted by atomic mass is 10.1. The first-order valence-electron chi connectivity index (χ1n) is 13.1. The molecule has 3 aliphatic rings. The number of benzene rings is 1. The first-order valence-corrected chi connectivity index (χ1v) is 14.6. The number of nitrogens with one attached hydrogen (secondary N) is 1. The predicted octanol–water partition coefficient (Wildman–Crippen LogP) is 1.04. The van der Waals surface area contributed by atoms with Crippen LogP contribution < -0.4 is 9.62 Å². The summed E-state index contributed by atoms with van der Waals surface area (Å²) in [6.07, 6.45) is 5.47. The molecule has 1 aromatic heterocycles. The predicted molar refractivity (Wildman–Crippen MR) is 145 cm³/mol. The van der Waals surface area contributed by atoms with Crippen molar-refractivity contribution in [3.05, 3.63) is 31.0 Å². The Labute approximate surface area is 224 Å². The maximum atomic E-state index is 13.5. The molecular formula is C26H37N7O4S. The Morgan fingerprint density at radius 3 is 2.50 bits per heavy atom. The fourth-order valence-electron chi connectivity index (χ4n) is 5.32. The zero-order valence-corrected chi connectivity index (χ0v) is 23.2. The summed E-state index contributed by atoms with van der Waals surface area (Å²) in [4.78, 5) is 32.5. The SMILES string of the molecule is C=CC(=O)N1CCC(n2ncc3c(N4CCN(C(=O)CN(C)C)CC4)cc(S(=O)(=O)NC4(C)CC4)cc32)C1. The average Bonchev–Trinajstić information content (AvgIpc) is 3.25. The van der Waals surface area contributed by atoms with Crippen LogP contribution in [-0.2, 0) is 19.6 Å². The lowest BCUT2D eigenvalue weighted by molar-refractivity contribution is -0.132. The molecule has 11 nitrogen and oxygen atoms in total. The highest BCUT2D eigenvalue weighted by molar-refractivity contribution is 7.89. The summed E-state index contributed by atoms with van der Waals surface area (Å²) in [7, 11) is -0.00488. The Bertz CT molecular complexity index is 1360. The van der Waals surface area contributed by atoms with Crippen LogP contribution in [0.5, 0.6) is 0 Å². The molecule has 1 N–H and O–H groups in total. The molecule has 5 rings (SSSR count). The van der Waals surface area contributed by atoms with E-state index in [1.165, 1.54) is 6.08 Å². The van der Waals surface area contributed by atoms with Crippen molar-refractivity contribution in [2.75, 3.05) is 64.8 Å². The van der Waals surface area contributed by atoms with Crippen molar-refractivity contribution in [1.29, 1.82) is 0 Å². The highest BCUT2D eigenvalue weighted by Gasteiger charge is 2.41. The molecule has 206 valence electrons. The first-order chi connectivity index (χ1) is 18.0. The van der Waals surface area contributed by atoms with Gasteiger partial charge in [0.2, 0.25) is 21.8 Å². The van der Waals surface area contributed by atoms with Gasteiger partial charge in [-0.2, -0.15) is 5.10 Å². The molecule has 38 heavy (non-hydrogen) atoms. The summed E-state index contributed by atoms with van der Waals surface area (Å²) in [5.74, 6) is -0.0258. The van der Waals surface area contributed by atoms with E-state index in [-0.39, 0.29) is 22.8 Å². The van der Waals surface area contributed by atoms with E-state index >= 15 is 0 Å². The minimum absolute atomic E-state index is 0.0587. The van der Waals surface area contributed by atoms with Crippen LogP contribution in [0.1, 0.15) is 32.2 Å². The number of amides is 2. The minimum atomic E-state index is -3.76. The summed E-state index contributed by atoms with van der Waals surface area (Å²) >= 11 is 0. The lowest BCUT2D eigenvalue weighted by Gasteiger charge is -2.37. The quantitative estimate of drug-likeness (QED) is 0.495. The van der Waals surface area contributed by atoms with Gasteiger partial charge in [0.25, 0.3) is 0 Å². The number of likely N-dealkylation sites (N-methyl/N-ethyl adjacent to an activating group) is 1. The second-order valence-corrected chi connectivity index (χ2v) is 12.8. The van der Waals surface area contributed by atoms with Crippen LogP contribution >= 0.6 is 0 Å². The number of rotatable bonds is 8. The summed E-state index contributed by atoms with van der Waals surface area (Å²) in [6, 6.07) is 3.38. The molecule has 0 radical (unpaired) electrons. The van der Waals surface area contributed by atoms with E-state index in [9.17, 15) is 18.0 Å². The number of sulfonamides is 1. The van der Waals surface area contributed by atoms with E-state index < -0.39 is 15.6 Å². The third kappa shape index (κ3) is 5.29. The topological polar surface area (TPSA) is 111 Å². The smallest absolute Gasteiger partial charge is 0.246 e. The highest BCUT2D eigenvalue weighted by Crippen LogP contribution is 2.38. The van der Waals surface area contributed by atoms with Gasteiger partial charge in [-0.3, -0.25) is 14.3 Å². The molecular weight excluding hydrogens is 506 g/mol. The van der Waals surface area contributed by atoms with E-state index in [1.54, 1.807) is 23.2 Å². The minimum Gasteiger partial charge on any atom is -0.367 e. The van der Waals surface area contributed by atoms with E-state index in [0.717, 1.165) is 35.9 Å².